The third-order valence-electron chi connectivity index (χ3n) is 10.2. The van der Waals surface area contributed by atoms with E-state index in [-0.39, 0.29) is 6.61 Å². The van der Waals surface area contributed by atoms with Gasteiger partial charge >= 0.3 is 0 Å². The van der Waals surface area contributed by atoms with Crippen LogP contribution in [0.2, 0.25) is 0 Å². The molecule has 0 saturated carbocycles. The van der Waals surface area contributed by atoms with Crippen LogP contribution in [0.4, 0.5) is 0 Å². The van der Waals surface area contributed by atoms with Gasteiger partial charge in [0.25, 0.3) is 0 Å². The van der Waals surface area contributed by atoms with Gasteiger partial charge in [0.1, 0.15) is 6.10 Å². The summed E-state index contributed by atoms with van der Waals surface area (Å²) in [6.07, 6.45) is 42.4. The largest absolute Gasteiger partial charge is 0.394 e. The summed E-state index contributed by atoms with van der Waals surface area (Å²) in [6.45, 7) is 4.24. The van der Waals surface area contributed by atoms with Gasteiger partial charge in [-0.15, -0.1) is 0 Å². The number of rotatable bonds is 39. The molecule has 0 aromatic heterocycles. The molecule has 5 heteroatoms. The maximum atomic E-state index is 12.4. The van der Waals surface area contributed by atoms with E-state index in [9.17, 15) is 20.1 Å². The van der Waals surface area contributed by atoms with Gasteiger partial charge in [0.15, 0.2) is 0 Å². The third-order valence-corrected chi connectivity index (χ3v) is 10.2. The molecule has 0 saturated heterocycles. The first-order chi connectivity index (χ1) is 23.1. The molecular weight excluding hydrogens is 582 g/mol. The van der Waals surface area contributed by atoms with E-state index in [1.165, 1.54) is 180 Å². The summed E-state index contributed by atoms with van der Waals surface area (Å²) in [5.41, 5.74) is 0. The van der Waals surface area contributed by atoms with E-state index >= 15 is 0 Å². The highest BCUT2D eigenvalue weighted by Crippen LogP contribution is 2.17. The molecule has 1 amide bonds. The molecule has 0 aliphatic heterocycles. The molecule has 0 heterocycles. The number of aliphatic hydroxyl groups is 3. The normalized spacial score (nSPS) is 13.6. The van der Waals surface area contributed by atoms with Gasteiger partial charge in [0.05, 0.1) is 18.8 Å². The predicted octanol–water partition coefficient (Wildman–Crippen LogP) is 11.9. The molecule has 0 fully saturated rings. The lowest BCUT2D eigenvalue weighted by molar-refractivity contribution is -0.131. The molecule has 3 unspecified atom stereocenters. The highest BCUT2D eigenvalue weighted by Gasteiger charge is 2.23. The minimum atomic E-state index is -1.07. The van der Waals surface area contributed by atoms with Crippen LogP contribution >= 0.6 is 0 Å². The van der Waals surface area contributed by atoms with Crippen molar-refractivity contribution in [2.24, 2.45) is 0 Å². The second-order valence-corrected chi connectivity index (χ2v) is 14.9. The lowest BCUT2D eigenvalue weighted by atomic mass is 10.0. The third kappa shape index (κ3) is 33.6. The van der Waals surface area contributed by atoms with Gasteiger partial charge in [-0.3, -0.25) is 4.79 Å². The topological polar surface area (TPSA) is 89.8 Å². The summed E-state index contributed by atoms with van der Waals surface area (Å²) >= 11 is 0. The fraction of sp³-hybridized carbons (Fsp3) is 0.976. The Morgan fingerprint density at radius 2 is 0.681 bits per heavy atom. The molecule has 0 rings (SSSR count). The van der Waals surface area contributed by atoms with Crippen molar-refractivity contribution in [1.82, 2.24) is 5.32 Å². The van der Waals surface area contributed by atoms with Gasteiger partial charge in [-0.1, -0.05) is 226 Å². The summed E-state index contributed by atoms with van der Waals surface area (Å²) in [4.78, 5) is 12.4. The average molecular weight is 668 g/mol. The van der Waals surface area contributed by atoms with Gasteiger partial charge in [0, 0.05) is 0 Å². The maximum Gasteiger partial charge on any atom is 0.249 e. The molecule has 0 bridgehead atoms. The number of hydrogen-bond acceptors (Lipinski definition) is 4. The zero-order valence-electron chi connectivity index (χ0n) is 31.9. The lowest BCUT2D eigenvalue weighted by Gasteiger charge is -2.23. The molecule has 0 spiro atoms. The Hall–Kier alpha value is -0.650. The van der Waals surface area contributed by atoms with Crippen LogP contribution in [0.15, 0.2) is 0 Å². The van der Waals surface area contributed by atoms with Crippen LogP contribution < -0.4 is 5.32 Å². The van der Waals surface area contributed by atoms with Crippen molar-refractivity contribution in [1.29, 1.82) is 0 Å². The zero-order valence-corrected chi connectivity index (χ0v) is 31.9. The minimum absolute atomic E-state index is 0.308. The molecule has 0 aliphatic rings. The van der Waals surface area contributed by atoms with Crippen molar-refractivity contribution >= 4 is 5.91 Å². The quantitative estimate of drug-likeness (QED) is 0.0491. The Morgan fingerprint density at radius 1 is 0.426 bits per heavy atom. The number of nitrogens with one attached hydrogen (secondary N) is 1. The maximum absolute atomic E-state index is 12.4. The average Bonchev–Trinajstić information content (AvgIpc) is 3.07. The Morgan fingerprint density at radius 3 is 0.957 bits per heavy atom. The monoisotopic (exact) mass is 668 g/mol. The Kier molecular flexibility index (Phi) is 37.6. The molecule has 5 nitrogen and oxygen atoms in total. The molecule has 0 aliphatic carbocycles. The van der Waals surface area contributed by atoms with Gasteiger partial charge < -0.3 is 20.6 Å². The van der Waals surface area contributed by atoms with Crippen molar-refractivity contribution in [3.8, 4) is 0 Å². The number of hydrogen-bond donors (Lipinski definition) is 4. The van der Waals surface area contributed by atoms with Crippen LogP contribution in [0.5, 0.6) is 0 Å². The van der Waals surface area contributed by atoms with Gasteiger partial charge in [0.2, 0.25) is 5.91 Å². The van der Waals surface area contributed by atoms with Gasteiger partial charge in [-0.2, -0.15) is 0 Å². The van der Waals surface area contributed by atoms with E-state index < -0.39 is 24.2 Å². The number of amides is 1. The van der Waals surface area contributed by atoms with Crippen LogP contribution in [0.1, 0.15) is 239 Å². The molecule has 0 aromatic rings. The Labute approximate surface area is 294 Å². The van der Waals surface area contributed by atoms with Crippen molar-refractivity contribution in [2.45, 2.75) is 257 Å². The van der Waals surface area contributed by atoms with E-state index in [4.69, 9.17) is 0 Å². The molecule has 282 valence electrons. The minimum Gasteiger partial charge on any atom is -0.394 e. The molecular formula is C42H85NO4. The highest BCUT2D eigenvalue weighted by molar-refractivity contribution is 5.80. The lowest BCUT2D eigenvalue weighted by Crippen LogP contribution is -2.49. The van der Waals surface area contributed by atoms with E-state index in [0.717, 1.165) is 32.1 Å². The summed E-state index contributed by atoms with van der Waals surface area (Å²) in [5.74, 6) is -0.468. The van der Waals surface area contributed by atoms with Crippen LogP contribution in [-0.2, 0) is 4.79 Å². The summed E-state index contributed by atoms with van der Waals surface area (Å²) in [6, 6.07) is -0.704. The zero-order chi connectivity index (χ0) is 34.5. The molecule has 4 N–H and O–H groups in total. The number of carbonyl (C=O) groups excluding carboxylic acids is 1. The summed E-state index contributed by atoms with van der Waals surface area (Å²) in [7, 11) is 0. The molecule has 0 aromatic carbocycles. The van der Waals surface area contributed by atoms with Crippen LogP contribution in [0, 0.1) is 0 Å². The van der Waals surface area contributed by atoms with Crippen molar-refractivity contribution in [2.75, 3.05) is 6.61 Å². The van der Waals surface area contributed by atoms with Crippen molar-refractivity contribution in [3.05, 3.63) is 0 Å². The van der Waals surface area contributed by atoms with E-state index in [1.807, 2.05) is 0 Å². The SMILES string of the molecule is CCCCCCCCCCCCCCCCCCCCCCCC(O)C(CO)NC(=O)C(O)CCCCCCCCCCCCCC. The Bertz CT molecular complexity index is 615. The predicted molar refractivity (Wildman–Crippen MR) is 204 cm³/mol. The summed E-state index contributed by atoms with van der Waals surface area (Å²) < 4.78 is 0. The second-order valence-electron chi connectivity index (χ2n) is 14.9. The van der Waals surface area contributed by atoms with Gasteiger partial charge in [-0.05, 0) is 12.8 Å². The molecule has 0 radical (unpaired) electrons. The van der Waals surface area contributed by atoms with E-state index in [0.29, 0.717) is 12.8 Å². The number of aliphatic hydroxyl groups excluding tert-OH is 3. The van der Waals surface area contributed by atoms with Gasteiger partial charge in [-0.25, -0.2) is 0 Å². The standard InChI is InChI=1S/C42H85NO4/c1-3-5-7-9-11-13-15-17-18-19-20-21-22-23-24-25-27-28-30-32-34-36-40(45)39(38-44)43-42(47)41(46)37-35-33-31-29-26-16-14-12-10-8-6-4-2/h39-41,44-46H,3-38H2,1-2H3,(H,43,47). The smallest absolute Gasteiger partial charge is 0.249 e. The fourth-order valence-corrected chi connectivity index (χ4v) is 6.84. The Balaban J connectivity index is 3.56. The highest BCUT2D eigenvalue weighted by atomic mass is 16.3. The van der Waals surface area contributed by atoms with Crippen LogP contribution in [0.25, 0.3) is 0 Å². The second kappa shape index (κ2) is 38.2. The molecule has 47 heavy (non-hydrogen) atoms. The first-order valence-electron chi connectivity index (χ1n) is 21.3. The van der Waals surface area contributed by atoms with Crippen LogP contribution in [0.3, 0.4) is 0 Å². The number of unbranched alkanes of at least 4 members (excludes halogenated alkanes) is 31. The summed E-state index contributed by atoms with van der Waals surface area (Å²) in [5, 5.41) is 33.2. The van der Waals surface area contributed by atoms with E-state index in [1.54, 1.807) is 0 Å². The first-order valence-corrected chi connectivity index (χ1v) is 21.3. The fourth-order valence-electron chi connectivity index (χ4n) is 6.84. The van der Waals surface area contributed by atoms with E-state index in [2.05, 4.69) is 19.2 Å². The van der Waals surface area contributed by atoms with Crippen molar-refractivity contribution < 1.29 is 20.1 Å². The first kappa shape index (κ1) is 46.4. The number of carbonyl (C=O) groups is 1. The van der Waals surface area contributed by atoms with Crippen LogP contribution in [-0.4, -0.2) is 46.1 Å². The van der Waals surface area contributed by atoms with Crippen molar-refractivity contribution in [3.63, 3.8) is 0 Å². The molecule has 3 atom stereocenters.